The highest BCUT2D eigenvalue weighted by Crippen LogP contribution is 2.21. The lowest BCUT2D eigenvalue weighted by atomic mass is 10.2. The zero-order chi connectivity index (χ0) is 15.5. The average molecular weight is 327 g/mol. The number of nitrogens with two attached hydrogens (primary N) is 1. The molecule has 0 aliphatic carbocycles. The Morgan fingerprint density at radius 2 is 1.76 bits per heavy atom. The number of halogens is 1. The highest BCUT2D eigenvalue weighted by atomic mass is 35.5. The Kier molecular flexibility index (Phi) is 4.84. The summed E-state index contributed by atoms with van der Waals surface area (Å²) in [5.41, 5.74) is 1.60. The Labute approximate surface area is 128 Å². The zero-order valence-corrected chi connectivity index (χ0v) is 12.7. The molecule has 0 saturated heterocycles. The number of rotatable bonds is 5. The van der Waals surface area contributed by atoms with E-state index < -0.39 is 10.0 Å². The van der Waals surface area contributed by atoms with Gasteiger partial charge in [-0.05, 0) is 35.9 Å². The molecule has 0 aliphatic rings. The molecule has 2 rings (SSSR count). The first-order valence-electron chi connectivity index (χ1n) is 6.16. The van der Waals surface area contributed by atoms with E-state index in [1.54, 1.807) is 30.3 Å². The van der Waals surface area contributed by atoms with Crippen LogP contribution in [0.2, 0.25) is 5.02 Å². The van der Waals surface area contributed by atoms with Gasteiger partial charge in [-0.2, -0.15) is 0 Å². The minimum atomic E-state index is -3.66. The van der Waals surface area contributed by atoms with Gasteiger partial charge in [-0.3, -0.25) is 0 Å². The highest BCUT2D eigenvalue weighted by molar-refractivity contribution is 7.89. The van der Waals surface area contributed by atoms with Crippen LogP contribution in [0.15, 0.2) is 47.4 Å². The summed E-state index contributed by atoms with van der Waals surface area (Å²) in [6.45, 7) is 0.972. The Hall–Kier alpha value is -1.60. The van der Waals surface area contributed by atoms with Crippen LogP contribution in [0.1, 0.15) is 11.1 Å². The van der Waals surface area contributed by atoms with Crippen LogP contribution in [0.3, 0.4) is 0 Å². The van der Waals surface area contributed by atoms with Crippen LogP contribution >= 0.6 is 11.6 Å². The normalized spacial score (nSPS) is 11.5. The van der Waals surface area contributed by atoms with Crippen molar-refractivity contribution in [2.45, 2.75) is 18.0 Å². The molecule has 7 heteroatoms. The molecule has 0 radical (unpaired) electrons. The van der Waals surface area contributed by atoms with Crippen molar-refractivity contribution in [2.24, 2.45) is 5.14 Å². The second-order valence-electron chi connectivity index (χ2n) is 4.57. The van der Waals surface area contributed by atoms with Crippen LogP contribution < -0.4 is 10.5 Å². The smallest absolute Gasteiger partial charge is 0.238 e. The summed E-state index contributed by atoms with van der Waals surface area (Å²) < 4.78 is 22.3. The van der Waals surface area contributed by atoms with Gasteiger partial charge in [0.15, 0.2) is 0 Å². The van der Waals surface area contributed by atoms with Crippen molar-refractivity contribution >= 4 is 21.6 Å². The summed E-state index contributed by atoms with van der Waals surface area (Å²) >= 11 is 5.87. The maximum Gasteiger partial charge on any atom is 0.238 e. The minimum Gasteiger partial charge on any atom is -0.508 e. The van der Waals surface area contributed by atoms with Gasteiger partial charge in [0.2, 0.25) is 10.0 Å². The summed E-state index contributed by atoms with van der Waals surface area (Å²) in [5, 5.41) is 18.4. The number of phenolic OH excluding ortho intramolecular Hbond substituents is 1. The van der Waals surface area contributed by atoms with Crippen molar-refractivity contribution in [3.05, 3.63) is 58.6 Å². The molecule has 21 heavy (non-hydrogen) atoms. The molecule has 0 spiro atoms. The third-order valence-corrected chi connectivity index (χ3v) is 4.10. The third-order valence-electron chi connectivity index (χ3n) is 2.94. The van der Waals surface area contributed by atoms with Crippen molar-refractivity contribution in [2.75, 3.05) is 0 Å². The molecule has 0 saturated carbocycles. The second-order valence-corrected chi connectivity index (χ2v) is 6.56. The Bertz CT molecular complexity index is 730. The lowest BCUT2D eigenvalue weighted by Gasteiger charge is -2.08. The Balaban J connectivity index is 1.96. The van der Waals surface area contributed by atoms with Gasteiger partial charge < -0.3 is 10.4 Å². The predicted octanol–water partition coefficient (Wildman–Crippen LogP) is 1.98. The fraction of sp³-hybridized carbons (Fsp3) is 0.143. The number of hydrogen-bond acceptors (Lipinski definition) is 4. The van der Waals surface area contributed by atoms with Gasteiger partial charge in [0.05, 0.1) is 4.90 Å². The zero-order valence-electron chi connectivity index (χ0n) is 11.1. The van der Waals surface area contributed by atoms with Crippen molar-refractivity contribution in [3.63, 3.8) is 0 Å². The summed E-state index contributed by atoms with van der Waals surface area (Å²) in [6, 6.07) is 11.1. The molecule has 0 bridgehead atoms. The van der Waals surface area contributed by atoms with Crippen LogP contribution in [0.4, 0.5) is 0 Å². The lowest BCUT2D eigenvalue weighted by Crippen LogP contribution is -2.14. The van der Waals surface area contributed by atoms with E-state index in [1.807, 2.05) is 0 Å². The maximum atomic E-state index is 11.1. The van der Waals surface area contributed by atoms with Crippen LogP contribution in [0.5, 0.6) is 5.75 Å². The molecule has 0 aromatic heterocycles. The monoisotopic (exact) mass is 326 g/mol. The Morgan fingerprint density at radius 1 is 1.10 bits per heavy atom. The van der Waals surface area contributed by atoms with E-state index in [4.69, 9.17) is 16.7 Å². The molecule has 2 aromatic carbocycles. The number of nitrogens with one attached hydrogen (secondary N) is 1. The van der Waals surface area contributed by atoms with Crippen molar-refractivity contribution in [1.29, 1.82) is 0 Å². The molecule has 0 heterocycles. The SMILES string of the molecule is NS(=O)(=O)c1ccc(CNCc2cc(Cl)ccc2O)cc1. The number of primary sulfonamides is 1. The van der Waals surface area contributed by atoms with E-state index in [-0.39, 0.29) is 10.6 Å². The van der Waals surface area contributed by atoms with Gasteiger partial charge >= 0.3 is 0 Å². The summed E-state index contributed by atoms with van der Waals surface area (Å²) in [6.07, 6.45) is 0. The van der Waals surface area contributed by atoms with Crippen molar-refractivity contribution < 1.29 is 13.5 Å². The van der Waals surface area contributed by atoms with Gasteiger partial charge in [0, 0.05) is 23.7 Å². The molecular weight excluding hydrogens is 312 g/mol. The quantitative estimate of drug-likeness (QED) is 0.783. The maximum absolute atomic E-state index is 11.1. The molecule has 0 atom stereocenters. The lowest BCUT2D eigenvalue weighted by molar-refractivity contribution is 0.464. The van der Waals surface area contributed by atoms with Gasteiger partial charge in [0.1, 0.15) is 5.75 Å². The number of hydrogen-bond donors (Lipinski definition) is 3. The van der Waals surface area contributed by atoms with Crippen LogP contribution in [-0.4, -0.2) is 13.5 Å². The molecule has 0 unspecified atom stereocenters. The summed E-state index contributed by atoms with van der Waals surface area (Å²) in [5.74, 6) is 0.177. The fourth-order valence-electron chi connectivity index (χ4n) is 1.83. The van der Waals surface area contributed by atoms with E-state index in [9.17, 15) is 13.5 Å². The highest BCUT2D eigenvalue weighted by Gasteiger charge is 2.07. The van der Waals surface area contributed by atoms with Gasteiger partial charge in [-0.25, -0.2) is 13.6 Å². The first-order valence-corrected chi connectivity index (χ1v) is 8.08. The van der Waals surface area contributed by atoms with Crippen LogP contribution in [-0.2, 0) is 23.1 Å². The van der Waals surface area contributed by atoms with Gasteiger partial charge in [-0.15, -0.1) is 0 Å². The topological polar surface area (TPSA) is 92.4 Å². The predicted molar refractivity (Wildman–Crippen MR) is 81.5 cm³/mol. The largest absolute Gasteiger partial charge is 0.508 e. The summed E-state index contributed by atoms with van der Waals surface area (Å²) in [7, 11) is -3.66. The van der Waals surface area contributed by atoms with Crippen LogP contribution in [0.25, 0.3) is 0 Å². The second kappa shape index (κ2) is 6.44. The Morgan fingerprint density at radius 3 is 2.38 bits per heavy atom. The third kappa shape index (κ3) is 4.44. The van der Waals surface area contributed by atoms with Crippen molar-refractivity contribution in [3.8, 4) is 5.75 Å². The van der Waals surface area contributed by atoms with Gasteiger partial charge in [0.25, 0.3) is 0 Å². The average Bonchev–Trinajstić information content (AvgIpc) is 2.42. The molecule has 2 aromatic rings. The molecule has 0 fully saturated rings. The fourth-order valence-corrected chi connectivity index (χ4v) is 2.54. The molecule has 112 valence electrons. The minimum absolute atomic E-state index is 0.0822. The number of phenols is 1. The van der Waals surface area contributed by atoms with Crippen LogP contribution in [0, 0.1) is 0 Å². The van der Waals surface area contributed by atoms with E-state index in [2.05, 4.69) is 5.32 Å². The van der Waals surface area contributed by atoms with E-state index in [0.29, 0.717) is 23.7 Å². The number of aromatic hydroxyl groups is 1. The van der Waals surface area contributed by atoms with E-state index in [1.165, 1.54) is 12.1 Å². The standard InChI is InChI=1S/C14H15ClN2O3S/c15-12-3-6-14(18)11(7-12)9-17-8-10-1-4-13(5-2-10)21(16,19)20/h1-7,17-18H,8-9H2,(H2,16,19,20). The first kappa shape index (κ1) is 15.8. The van der Waals surface area contributed by atoms with Gasteiger partial charge in [-0.1, -0.05) is 23.7 Å². The van der Waals surface area contributed by atoms with Crippen molar-refractivity contribution in [1.82, 2.24) is 5.32 Å². The number of benzene rings is 2. The molecule has 0 aliphatic heterocycles. The molecular formula is C14H15ClN2O3S. The molecule has 4 N–H and O–H groups in total. The number of sulfonamides is 1. The first-order chi connectivity index (χ1) is 9.86. The molecule has 0 amide bonds. The van der Waals surface area contributed by atoms with E-state index in [0.717, 1.165) is 5.56 Å². The summed E-state index contributed by atoms with van der Waals surface area (Å²) in [4.78, 5) is 0.0822. The van der Waals surface area contributed by atoms with E-state index >= 15 is 0 Å². The molecule has 5 nitrogen and oxygen atoms in total.